The first-order chi connectivity index (χ1) is 17.2. The summed E-state index contributed by atoms with van der Waals surface area (Å²) in [5.41, 5.74) is 2.71. The maximum Gasteiger partial charge on any atom is 0.251 e. The Labute approximate surface area is 213 Å². The van der Waals surface area contributed by atoms with Gasteiger partial charge in [0.2, 0.25) is 0 Å². The fourth-order valence-corrected chi connectivity index (χ4v) is 5.76. The summed E-state index contributed by atoms with van der Waals surface area (Å²) in [6.07, 6.45) is 9.82. The zero-order valence-electron chi connectivity index (χ0n) is 20.5. The lowest BCUT2D eigenvalue weighted by Gasteiger charge is -2.40. The molecule has 6 nitrogen and oxygen atoms in total. The van der Waals surface area contributed by atoms with Crippen LogP contribution in [0.3, 0.4) is 0 Å². The maximum absolute atomic E-state index is 12.8. The SMILES string of the molecule is O=C(NCCCN1CCN(C2CCCCC2)CC1)c1ccc2cnn(Cc3cccc(Cl)c3)c2c1. The molecule has 5 rings (SSSR count). The van der Waals surface area contributed by atoms with Gasteiger partial charge in [-0.2, -0.15) is 5.10 Å². The molecule has 2 fully saturated rings. The van der Waals surface area contributed by atoms with Gasteiger partial charge in [0.25, 0.3) is 5.91 Å². The molecule has 1 aromatic heterocycles. The smallest absolute Gasteiger partial charge is 0.251 e. The number of amides is 1. The number of nitrogens with one attached hydrogen (secondary N) is 1. The Kier molecular flexibility index (Phi) is 8.02. The van der Waals surface area contributed by atoms with Crippen molar-refractivity contribution in [3.05, 3.63) is 64.8 Å². The fraction of sp³-hybridized carbons (Fsp3) is 0.500. The first-order valence-electron chi connectivity index (χ1n) is 13.1. The Morgan fingerprint density at radius 1 is 1.03 bits per heavy atom. The Morgan fingerprint density at radius 2 is 1.86 bits per heavy atom. The summed E-state index contributed by atoms with van der Waals surface area (Å²) in [5, 5.41) is 9.36. The highest BCUT2D eigenvalue weighted by atomic mass is 35.5. The van der Waals surface area contributed by atoms with E-state index < -0.39 is 0 Å². The van der Waals surface area contributed by atoms with Gasteiger partial charge in [-0.25, -0.2) is 0 Å². The number of nitrogens with zero attached hydrogens (tertiary/aromatic N) is 4. The standard InChI is InChI=1S/C28H36ClN5O/c29-25-7-4-6-22(18-25)21-34-27-19-23(10-11-24(27)20-31-34)28(35)30-12-5-13-32-14-16-33(17-15-32)26-8-2-1-3-9-26/h4,6-7,10-11,18-20,26H,1-3,5,8-9,12-17,21H2,(H,30,35). The Bertz CT molecular complexity index is 1130. The predicted molar refractivity (Wildman–Crippen MR) is 142 cm³/mol. The maximum atomic E-state index is 12.8. The van der Waals surface area contributed by atoms with Crippen LogP contribution in [0.1, 0.15) is 54.4 Å². The lowest BCUT2D eigenvalue weighted by atomic mass is 9.94. The number of hydrogen-bond acceptors (Lipinski definition) is 4. The molecule has 1 aliphatic carbocycles. The summed E-state index contributed by atoms with van der Waals surface area (Å²) in [6.45, 7) is 7.05. The molecule has 0 atom stereocenters. The van der Waals surface area contributed by atoms with Crippen molar-refractivity contribution in [3.63, 3.8) is 0 Å². The molecule has 2 aliphatic rings. The van der Waals surface area contributed by atoms with Gasteiger partial charge in [-0.05, 0) is 55.6 Å². The van der Waals surface area contributed by atoms with E-state index >= 15 is 0 Å². The van der Waals surface area contributed by atoms with Crippen LogP contribution >= 0.6 is 11.6 Å². The Morgan fingerprint density at radius 3 is 2.66 bits per heavy atom. The third-order valence-corrected chi connectivity index (χ3v) is 7.80. The zero-order chi connectivity index (χ0) is 24.0. The minimum atomic E-state index is -0.0236. The molecule has 0 bridgehead atoms. The van der Waals surface area contributed by atoms with E-state index in [1.165, 1.54) is 45.2 Å². The van der Waals surface area contributed by atoms with E-state index in [1.807, 2.05) is 53.3 Å². The molecule has 1 amide bonds. The largest absolute Gasteiger partial charge is 0.352 e. The first kappa shape index (κ1) is 24.3. The zero-order valence-corrected chi connectivity index (χ0v) is 21.2. The van der Waals surface area contributed by atoms with Gasteiger partial charge in [0.15, 0.2) is 0 Å². The highest BCUT2D eigenvalue weighted by Crippen LogP contribution is 2.23. The normalized spacial score (nSPS) is 18.2. The van der Waals surface area contributed by atoms with Crippen LogP contribution in [0.5, 0.6) is 0 Å². The summed E-state index contributed by atoms with van der Waals surface area (Å²) in [7, 11) is 0. The van der Waals surface area contributed by atoms with Crippen molar-refractivity contribution in [2.75, 3.05) is 39.3 Å². The second-order valence-corrected chi connectivity index (χ2v) is 10.4. The molecule has 186 valence electrons. The van der Waals surface area contributed by atoms with E-state index in [9.17, 15) is 4.79 Å². The van der Waals surface area contributed by atoms with Crippen molar-refractivity contribution >= 4 is 28.4 Å². The van der Waals surface area contributed by atoms with Gasteiger partial charge in [0.05, 0.1) is 18.3 Å². The average molecular weight is 494 g/mol. The number of hydrogen-bond donors (Lipinski definition) is 1. The molecule has 1 saturated heterocycles. The van der Waals surface area contributed by atoms with Crippen molar-refractivity contribution in [3.8, 4) is 0 Å². The Hall–Kier alpha value is -2.41. The van der Waals surface area contributed by atoms with Gasteiger partial charge in [-0.1, -0.05) is 49.1 Å². The van der Waals surface area contributed by atoms with E-state index in [1.54, 1.807) is 0 Å². The number of carbonyl (C=O) groups excluding carboxylic acids is 1. The van der Waals surface area contributed by atoms with Gasteiger partial charge >= 0.3 is 0 Å². The van der Waals surface area contributed by atoms with Crippen LogP contribution in [-0.2, 0) is 6.54 Å². The van der Waals surface area contributed by atoms with Crippen molar-refractivity contribution in [1.29, 1.82) is 0 Å². The van der Waals surface area contributed by atoms with Crippen molar-refractivity contribution < 1.29 is 4.79 Å². The third-order valence-electron chi connectivity index (χ3n) is 7.56. The van der Waals surface area contributed by atoms with E-state index in [4.69, 9.17) is 11.6 Å². The molecule has 2 heterocycles. The molecule has 35 heavy (non-hydrogen) atoms. The number of piperazine rings is 1. The minimum absolute atomic E-state index is 0.0236. The Balaban J connectivity index is 1.09. The molecule has 0 unspecified atom stereocenters. The van der Waals surface area contributed by atoms with Crippen LogP contribution in [0.2, 0.25) is 5.02 Å². The van der Waals surface area contributed by atoms with E-state index in [0.29, 0.717) is 23.7 Å². The molecular weight excluding hydrogens is 458 g/mol. The summed E-state index contributed by atoms with van der Waals surface area (Å²) in [4.78, 5) is 18.1. The number of aromatic nitrogens is 2. The van der Waals surface area contributed by atoms with Crippen LogP contribution in [0.25, 0.3) is 10.9 Å². The van der Waals surface area contributed by atoms with E-state index in [2.05, 4.69) is 20.2 Å². The predicted octanol–water partition coefficient (Wildman–Crippen LogP) is 4.81. The van der Waals surface area contributed by atoms with Gasteiger partial charge in [0, 0.05) is 54.7 Å². The van der Waals surface area contributed by atoms with E-state index in [0.717, 1.165) is 48.6 Å². The highest BCUT2D eigenvalue weighted by Gasteiger charge is 2.24. The van der Waals surface area contributed by atoms with Gasteiger partial charge in [-0.15, -0.1) is 0 Å². The summed E-state index contributed by atoms with van der Waals surface area (Å²) < 4.78 is 1.92. The molecular formula is C28H36ClN5O. The second kappa shape index (κ2) is 11.5. The summed E-state index contributed by atoms with van der Waals surface area (Å²) >= 11 is 6.13. The quantitative estimate of drug-likeness (QED) is 0.457. The topological polar surface area (TPSA) is 53.4 Å². The molecule has 1 saturated carbocycles. The molecule has 0 radical (unpaired) electrons. The van der Waals surface area contributed by atoms with Crippen LogP contribution in [0.4, 0.5) is 0 Å². The molecule has 7 heteroatoms. The lowest BCUT2D eigenvalue weighted by Crippen LogP contribution is -2.51. The van der Waals surface area contributed by atoms with Gasteiger partial charge in [-0.3, -0.25) is 14.4 Å². The molecule has 0 spiro atoms. The second-order valence-electron chi connectivity index (χ2n) is 9.98. The van der Waals surface area contributed by atoms with E-state index in [-0.39, 0.29) is 5.91 Å². The molecule has 3 aromatic rings. The van der Waals surface area contributed by atoms with Crippen molar-refractivity contribution in [2.24, 2.45) is 0 Å². The van der Waals surface area contributed by atoms with Gasteiger partial charge in [0.1, 0.15) is 0 Å². The number of halogens is 1. The lowest BCUT2D eigenvalue weighted by molar-refractivity contribution is 0.0779. The van der Waals surface area contributed by atoms with Crippen LogP contribution in [0, 0.1) is 0 Å². The van der Waals surface area contributed by atoms with Crippen LogP contribution < -0.4 is 5.32 Å². The monoisotopic (exact) mass is 493 g/mol. The van der Waals surface area contributed by atoms with Crippen molar-refractivity contribution in [1.82, 2.24) is 24.9 Å². The minimum Gasteiger partial charge on any atom is -0.352 e. The first-order valence-corrected chi connectivity index (χ1v) is 13.5. The average Bonchev–Trinajstić information content (AvgIpc) is 3.29. The van der Waals surface area contributed by atoms with Crippen LogP contribution in [0.15, 0.2) is 48.7 Å². The van der Waals surface area contributed by atoms with Crippen molar-refractivity contribution in [2.45, 2.75) is 51.1 Å². The van der Waals surface area contributed by atoms with Crippen LogP contribution in [-0.4, -0.2) is 70.8 Å². The molecule has 2 aromatic carbocycles. The fourth-order valence-electron chi connectivity index (χ4n) is 5.55. The summed E-state index contributed by atoms with van der Waals surface area (Å²) in [5.74, 6) is -0.0236. The number of benzene rings is 2. The summed E-state index contributed by atoms with van der Waals surface area (Å²) in [6, 6.07) is 14.4. The molecule has 1 aliphatic heterocycles. The number of fused-ring (bicyclic) bond motifs is 1. The molecule has 1 N–H and O–H groups in total. The third kappa shape index (κ3) is 6.24. The number of rotatable bonds is 8. The highest BCUT2D eigenvalue weighted by molar-refractivity contribution is 6.30. The number of carbonyl (C=O) groups is 1. The van der Waals surface area contributed by atoms with Gasteiger partial charge < -0.3 is 10.2 Å².